The van der Waals surface area contributed by atoms with Gasteiger partial charge in [0.2, 0.25) is 0 Å². The molecule has 6 rings (SSSR count). The van der Waals surface area contributed by atoms with Crippen LogP contribution in [0.15, 0.2) is 83.9 Å². The molecule has 0 amide bonds. The normalized spacial score (nSPS) is 15.1. The lowest BCUT2D eigenvalue weighted by atomic mass is 9.70. The zero-order valence-corrected chi connectivity index (χ0v) is 24.5. The number of hydrogen-bond donors (Lipinski definition) is 0. The van der Waals surface area contributed by atoms with Gasteiger partial charge in [-0.2, -0.15) is 0 Å². The van der Waals surface area contributed by atoms with E-state index in [9.17, 15) is 0 Å². The summed E-state index contributed by atoms with van der Waals surface area (Å²) in [6, 6.07) is 27.9. The Labute approximate surface area is 235 Å². The first kappa shape index (κ1) is 26.1. The zero-order valence-electron chi connectivity index (χ0n) is 24.5. The summed E-state index contributed by atoms with van der Waals surface area (Å²) in [7, 11) is 0. The van der Waals surface area contributed by atoms with Crippen LogP contribution in [0.5, 0.6) is 0 Å². The van der Waals surface area contributed by atoms with E-state index < -0.39 is 0 Å². The standard InChI is InChI=1S/C39H44/c1-5-7-9-19-31-23-33-21-27-15-11-13-17-29(27)25-35(33)37(31)39(3,4)38-32(20-10-8-6-2)24-34-22-28-16-12-14-18-30(28)26-36(34)38/h11-18,21-22,25-26H,5-10,19-20,23-24H2,1-4H3. The van der Waals surface area contributed by atoms with Crippen molar-refractivity contribution in [3.8, 4) is 0 Å². The van der Waals surface area contributed by atoms with Gasteiger partial charge in [0, 0.05) is 5.41 Å². The molecule has 0 bridgehead atoms. The molecule has 4 aromatic carbocycles. The average molecular weight is 513 g/mol. The van der Waals surface area contributed by atoms with Gasteiger partial charge in [0.1, 0.15) is 0 Å². The number of hydrogen-bond acceptors (Lipinski definition) is 0. The number of benzene rings is 4. The molecule has 0 heteroatoms. The molecule has 0 nitrogen and oxygen atoms in total. The fourth-order valence-corrected chi connectivity index (χ4v) is 7.64. The van der Waals surface area contributed by atoms with Crippen LogP contribution in [0, 0.1) is 5.41 Å². The van der Waals surface area contributed by atoms with E-state index in [1.165, 1.54) is 95.2 Å². The highest BCUT2D eigenvalue weighted by molar-refractivity contribution is 5.99. The summed E-state index contributed by atoms with van der Waals surface area (Å²) >= 11 is 0. The zero-order chi connectivity index (χ0) is 27.0. The largest absolute Gasteiger partial charge is 0.0654 e. The molecule has 0 heterocycles. The number of rotatable bonds is 10. The first-order valence-electron chi connectivity index (χ1n) is 15.5. The lowest BCUT2D eigenvalue weighted by Crippen LogP contribution is -2.18. The molecular formula is C39H44. The summed E-state index contributed by atoms with van der Waals surface area (Å²) in [5, 5.41) is 5.49. The van der Waals surface area contributed by atoms with Crippen molar-refractivity contribution in [3.63, 3.8) is 0 Å². The second kappa shape index (κ2) is 10.8. The third-order valence-electron chi connectivity index (χ3n) is 9.41. The summed E-state index contributed by atoms with van der Waals surface area (Å²) in [5.41, 5.74) is 12.7. The lowest BCUT2D eigenvalue weighted by Gasteiger charge is -2.33. The Morgan fingerprint density at radius 3 is 1.31 bits per heavy atom. The van der Waals surface area contributed by atoms with E-state index in [2.05, 4.69) is 100 Å². The Morgan fingerprint density at radius 1 is 0.538 bits per heavy atom. The monoisotopic (exact) mass is 512 g/mol. The molecule has 2 aliphatic carbocycles. The number of allylic oxidation sites excluding steroid dienone is 4. The van der Waals surface area contributed by atoms with Crippen molar-refractivity contribution in [3.05, 3.63) is 106 Å². The maximum atomic E-state index is 2.55. The lowest BCUT2D eigenvalue weighted by molar-refractivity contribution is 0.646. The van der Waals surface area contributed by atoms with Gasteiger partial charge < -0.3 is 0 Å². The van der Waals surface area contributed by atoms with Crippen LogP contribution in [0.3, 0.4) is 0 Å². The van der Waals surface area contributed by atoms with Gasteiger partial charge in [-0.25, -0.2) is 0 Å². The van der Waals surface area contributed by atoms with Crippen LogP contribution in [-0.2, 0) is 12.8 Å². The minimum atomic E-state index is -0.0372. The van der Waals surface area contributed by atoms with Gasteiger partial charge in [-0.3, -0.25) is 0 Å². The van der Waals surface area contributed by atoms with Crippen molar-refractivity contribution >= 4 is 32.7 Å². The summed E-state index contributed by atoms with van der Waals surface area (Å²) in [5.74, 6) is 0. The van der Waals surface area contributed by atoms with Crippen LogP contribution in [0.25, 0.3) is 32.7 Å². The molecule has 0 spiro atoms. The highest BCUT2D eigenvalue weighted by Gasteiger charge is 2.40. The molecule has 0 fully saturated rings. The van der Waals surface area contributed by atoms with Gasteiger partial charge in [0.15, 0.2) is 0 Å². The SMILES string of the molecule is CCCCCC1=C(C(C)(C)C2=C(CCCCC)Cc3cc4ccccc4cc32)c2cc3ccccc3cc2C1. The Balaban J connectivity index is 1.53. The van der Waals surface area contributed by atoms with E-state index in [1.54, 1.807) is 22.3 Å². The highest BCUT2D eigenvalue weighted by Crippen LogP contribution is 2.56. The van der Waals surface area contributed by atoms with Crippen LogP contribution >= 0.6 is 0 Å². The van der Waals surface area contributed by atoms with Crippen LogP contribution in [0.2, 0.25) is 0 Å². The third kappa shape index (κ3) is 4.77. The fraction of sp³-hybridized carbons (Fsp3) is 0.385. The number of unbranched alkanes of at least 4 members (excludes halogenated alkanes) is 4. The Hall–Kier alpha value is -3.12. The van der Waals surface area contributed by atoms with Gasteiger partial charge in [0.25, 0.3) is 0 Å². The third-order valence-corrected chi connectivity index (χ3v) is 9.41. The molecule has 0 aromatic heterocycles. The molecule has 2 aliphatic rings. The topological polar surface area (TPSA) is 0 Å². The van der Waals surface area contributed by atoms with E-state index in [0.717, 1.165) is 12.8 Å². The molecule has 200 valence electrons. The summed E-state index contributed by atoms with van der Waals surface area (Å²) in [6.45, 7) is 9.74. The van der Waals surface area contributed by atoms with E-state index in [-0.39, 0.29) is 5.41 Å². The minimum absolute atomic E-state index is 0.0372. The van der Waals surface area contributed by atoms with Crippen LogP contribution in [0.4, 0.5) is 0 Å². The first-order chi connectivity index (χ1) is 19.0. The molecule has 0 N–H and O–H groups in total. The summed E-state index contributed by atoms with van der Waals surface area (Å²) < 4.78 is 0. The predicted molar refractivity (Wildman–Crippen MR) is 171 cm³/mol. The maximum absolute atomic E-state index is 2.55. The predicted octanol–water partition coefficient (Wildman–Crippen LogP) is 11.5. The van der Waals surface area contributed by atoms with Crippen LogP contribution < -0.4 is 0 Å². The van der Waals surface area contributed by atoms with Gasteiger partial charge in [-0.1, -0.05) is 125 Å². The molecule has 0 unspecified atom stereocenters. The smallest absolute Gasteiger partial charge is 0.0157 e. The van der Waals surface area contributed by atoms with Gasteiger partial charge in [0.05, 0.1) is 0 Å². The molecule has 0 radical (unpaired) electrons. The quantitative estimate of drug-likeness (QED) is 0.185. The van der Waals surface area contributed by atoms with E-state index >= 15 is 0 Å². The Morgan fingerprint density at radius 2 is 0.923 bits per heavy atom. The molecular weight excluding hydrogens is 468 g/mol. The van der Waals surface area contributed by atoms with Crippen molar-refractivity contribution in [2.75, 3.05) is 0 Å². The van der Waals surface area contributed by atoms with Crippen molar-refractivity contribution in [2.45, 2.75) is 91.9 Å². The van der Waals surface area contributed by atoms with Crippen molar-refractivity contribution in [2.24, 2.45) is 5.41 Å². The average Bonchev–Trinajstić information content (AvgIpc) is 3.48. The van der Waals surface area contributed by atoms with Crippen molar-refractivity contribution in [1.29, 1.82) is 0 Å². The number of fused-ring (bicyclic) bond motifs is 4. The summed E-state index contributed by atoms with van der Waals surface area (Å²) in [4.78, 5) is 0. The van der Waals surface area contributed by atoms with E-state index in [0.29, 0.717) is 0 Å². The van der Waals surface area contributed by atoms with Gasteiger partial charge in [-0.15, -0.1) is 0 Å². The summed E-state index contributed by atoms with van der Waals surface area (Å²) in [6.07, 6.45) is 12.4. The second-order valence-corrected chi connectivity index (χ2v) is 12.6. The minimum Gasteiger partial charge on any atom is -0.0654 e. The maximum Gasteiger partial charge on any atom is 0.0157 e. The Kier molecular flexibility index (Phi) is 7.23. The fourth-order valence-electron chi connectivity index (χ4n) is 7.64. The molecule has 0 atom stereocenters. The highest BCUT2D eigenvalue weighted by atomic mass is 14.4. The van der Waals surface area contributed by atoms with Crippen LogP contribution in [-0.4, -0.2) is 0 Å². The molecule has 0 saturated carbocycles. The molecule has 0 saturated heterocycles. The molecule has 0 aliphatic heterocycles. The first-order valence-corrected chi connectivity index (χ1v) is 15.5. The van der Waals surface area contributed by atoms with E-state index in [4.69, 9.17) is 0 Å². The molecule has 4 aromatic rings. The Bertz CT molecular complexity index is 1470. The van der Waals surface area contributed by atoms with E-state index in [1.807, 2.05) is 0 Å². The van der Waals surface area contributed by atoms with Crippen molar-refractivity contribution < 1.29 is 0 Å². The molecule has 39 heavy (non-hydrogen) atoms. The van der Waals surface area contributed by atoms with Crippen molar-refractivity contribution in [1.82, 2.24) is 0 Å². The second-order valence-electron chi connectivity index (χ2n) is 12.6. The van der Waals surface area contributed by atoms with Crippen LogP contribution in [0.1, 0.15) is 101 Å². The van der Waals surface area contributed by atoms with Gasteiger partial charge in [-0.05, 0) is 106 Å². The van der Waals surface area contributed by atoms with Gasteiger partial charge >= 0.3 is 0 Å².